The molecule has 2 aromatic rings. The van der Waals surface area contributed by atoms with Gasteiger partial charge in [0, 0.05) is 36.2 Å². The number of benzene rings is 1. The van der Waals surface area contributed by atoms with Gasteiger partial charge in [-0.1, -0.05) is 6.92 Å². The normalized spacial score (nSPS) is 17.2. The highest BCUT2D eigenvalue weighted by Crippen LogP contribution is 2.30. The van der Waals surface area contributed by atoms with Crippen molar-refractivity contribution in [2.75, 3.05) is 17.0 Å². The molecular formula is C18H23N3O3S. The maximum absolute atomic E-state index is 12.9. The largest absolute Gasteiger partial charge is 0.348 e. The van der Waals surface area contributed by atoms with E-state index in [1.165, 1.54) is 0 Å². The number of aromatic nitrogens is 1. The van der Waals surface area contributed by atoms with Gasteiger partial charge in [-0.15, -0.1) is 0 Å². The third-order valence-corrected chi connectivity index (χ3v) is 5.90. The van der Waals surface area contributed by atoms with Gasteiger partial charge in [0.2, 0.25) is 10.0 Å². The third-order valence-electron chi connectivity index (χ3n) is 4.60. The summed E-state index contributed by atoms with van der Waals surface area (Å²) in [5.74, 6) is -0.0107. The smallest absolute Gasteiger partial charge is 0.254 e. The third kappa shape index (κ3) is 3.56. The zero-order valence-electron chi connectivity index (χ0n) is 14.5. The second kappa shape index (κ2) is 6.92. The Labute approximate surface area is 148 Å². The van der Waals surface area contributed by atoms with Crippen molar-refractivity contribution in [2.45, 2.75) is 32.9 Å². The molecule has 0 fully saturated rings. The van der Waals surface area contributed by atoms with Gasteiger partial charge in [-0.2, -0.15) is 0 Å². The van der Waals surface area contributed by atoms with Gasteiger partial charge in [-0.05, 0) is 49.7 Å². The highest BCUT2D eigenvalue weighted by atomic mass is 32.2. The molecule has 0 aliphatic carbocycles. The summed E-state index contributed by atoms with van der Waals surface area (Å²) in [4.78, 5) is 14.8. The molecule has 0 bridgehead atoms. The number of fused-ring (bicyclic) bond motifs is 1. The molecule has 1 N–H and O–H groups in total. The number of carbonyl (C=O) groups is 1. The van der Waals surface area contributed by atoms with Gasteiger partial charge in [0.15, 0.2) is 0 Å². The molecule has 0 saturated heterocycles. The second-order valence-corrected chi connectivity index (χ2v) is 8.14. The van der Waals surface area contributed by atoms with Crippen LogP contribution in [0.25, 0.3) is 0 Å². The molecule has 6 nitrogen and oxygen atoms in total. The molecule has 1 amide bonds. The first-order valence-corrected chi connectivity index (χ1v) is 10.2. The van der Waals surface area contributed by atoms with Crippen molar-refractivity contribution in [2.24, 2.45) is 0 Å². The van der Waals surface area contributed by atoms with Gasteiger partial charge in [-0.25, -0.2) is 8.42 Å². The lowest BCUT2D eigenvalue weighted by Crippen LogP contribution is -2.41. The summed E-state index contributed by atoms with van der Waals surface area (Å²) in [6.45, 7) is 5.12. The number of sulfonamides is 1. The van der Waals surface area contributed by atoms with Crippen LogP contribution >= 0.6 is 0 Å². The number of nitrogens with one attached hydrogen (secondary N) is 1. The topological polar surface area (TPSA) is 71.4 Å². The molecule has 1 atom stereocenters. The molecule has 0 radical (unpaired) electrons. The summed E-state index contributed by atoms with van der Waals surface area (Å²) < 4.78 is 27.9. The van der Waals surface area contributed by atoms with E-state index in [0.29, 0.717) is 17.8 Å². The van der Waals surface area contributed by atoms with Crippen LogP contribution in [0.1, 0.15) is 42.4 Å². The van der Waals surface area contributed by atoms with E-state index in [1.54, 1.807) is 31.2 Å². The molecule has 3 rings (SSSR count). The lowest BCUT2D eigenvalue weighted by Gasteiger charge is -2.36. The van der Waals surface area contributed by atoms with Crippen LogP contribution in [0.2, 0.25) is 0 Å². The lowest BCUT2D eigenvalue weighted by atomic mass is 10.0. The van der Waals surface area contributed by atoms with Crippen molar-refractivity contribution in [1.82, 2.24) is 9.47 Å². The summed E-state index contributed by atoms with van der Waals surface area (Å²) in [7, 11) is -3.31. The average Bonchev–Trinajstić information content (AvgIpc) is 3.09. The molecule has 0 saturated carbocycles. The minimum atomic E-state index is -3.31. The maximum Gasteiger partial charge on any atom is 0.254 e. The van der Waals surface area contributed by atoms with Crippen molar-refractivity contribution in [1.29, 1.82) is 0 Å². The predicted octanol–water partition coefficient (Wildman–Crippen LogP) is 2.86. The quantitative estimate of drug-likeness (QED) is 0.890. The number of anilines is 1. The molecule has 2 heterocycles. The fourth-order valence-corrected chi connectivity index (χ4v) is 3.87. The Bertz CT molecular complexity index is 856. The SMILES string of the molecule is CC[C@@H]1c2cccn2CCN1C(=O)c1ccc(NS(=O)(=O)CC)cc1. The van der Waals surface area contributed by atoms with Crippen LogP contribution in [0.5, 0.6) is 0 Å². The van der Waals surface area contributed by atoms with E-state index >= 15 is 0 Å². The van der Waals surface area contributed by atoms with Crippen molar-refractivity contribution in [3.05, 3.63) is 53.9 Å². The summed E-state index contributed by atoms with van der Waals surface area (Å²) in [6, 6.07) is 10.8. The maximum atomic E-state index is 12.9. The minimum absolute atomic E-state index is 0.0132. The van der Waals surface area contributed by atoms with Gasteiger partial charge in [0.1, 0.15) is 0 Å². The Morgan fingerprint density at radius 2 is 1.88 bits per heavy atom. The molecule has 1 aliphatic rings. The van der Waals surface area contributed by atoms with Gasteiger partial charge in [0.25, 0.3) is 5.91 Å². The monoisotopic (exact) mass is 361 g/mol. The number of hydrogen-bond acceptors (Lipinski definition) is 3. The average molecular weight is 361 g/mol. The first kappa shape index (κ1) is 17.5. The second-order valence-electron chi connectivity index (χ2n) is 6.13. The predicted molar refractivity (Wildman–Crippen MR) is 98.0 cm³/mol. The summed E-state index contributed by atoms with van der Waals surface area (Å²) >= 11 is 0. The van der Waals surface area contributed by atoms with Crippen LogP contribution in [0.4, 0.5) is 5.69 Å². The first-order chi connectivity index (χ1) is 11.9. The molecule has 1 aliphatic heterocycles. The van der Waals surface area contributed by atoms with E-state index in [-0.39, 0.29) is 17.7 Å². The van der Waals surface area contributed by atoms with E-state index in [1.807, 2.05) is 11.0 Å². The molecule has 25 heavy (non-hydrogen) atoms. The van der Waals surface area contributed by atoms with Crippen LogP contribution in [0.15, 0.2) is 42.6 Å². The van der Waals surface area contributed by atoms with Crippen molar-refractivity contribution < 1.29 is 13.2 Å². The standard InChI is InChI=1S/C18H23N3O3S/c1-3-16-17-6-5-11-20(17)12-13-21(16)18(22)14-7-9-15(10-8-14)19-25(23,24)4-2/h5-11,16,19H,3-4,12-13H2,1-2H3/t16-/m1/s1. The van der Waals surface area contributed by atoms with Gasteiger partial charge >= 0.3 is 0 Å². The Kier molecular flexibility index (Phi) is 4.85. The van der Waals surface area contributed by atoms with E-state index < -0.39 is 10.0 Å². The molecule has 7 heteroatoms. The number of hydrogen-bond donors (Lipinski definition) is 1. The Balaban J connectivity index is 1.79. The number of amides is 1. The first-order valence-electron chi connectivity index (χ1n) is 8.51. The van der Waals surface area contributed by atoms with Crippen LogP contribution in [-0.4, -0.2) is 36.1 Å². The fraction of sp³-hybridized carbons (Fsp3) is 0.389. The number of rotatable bonds is 5. The van der Waals surface area contributed by atoms with Crippen molar-refractivity contribution >= 4 is 21.6 Å². The summed E-state index contributed by atoms with van der Waals surface area (Å²) in [5.41, 5.74) is 2.20. The van der Waals surface area contributed by atoms with E-state index in [9.17, 15) is 13.2 Å². The fourth-order valence-electron chi connectivity index (χ4n) is 3.24. The molecule has 0 unspecified atom stereocenters. The molecular weight excluding hydrogens is 338 g/mol. The highest BCUT2D eigenvalue weighted by molar-refractivity contribution is 7.92. The Morgan fingerprint density at radius 1 is 1.16 bits per heavy atom. The number of nitrogens with zero attached hydrogens (tertiary/aromatic N) is 2. The molecule has 1 aromatic carbocycles. The zero-order chi connectivity index (χ0) is 18.0. The molecule has 134 valence electrons. The summed E-state index contributed by atoms with van der Waals surface area (Å²) in [6.07, 6.45) is 2.90. The highest BCUT2D eigenvalue weighted by Gasteiger charge is 2.30. The Morgan fingerprint density at radius 3 is 2.52 bits per heavy atom. The van der Waals surface area contributed by atoms with E-state index in [2.05, 4.69) is 28.5 Å². The Hall–Kier alpha value is -2.28. The minimum Gasteiger partial charge on any atom is -0.348 e. The zero-order valence-corrected chi connectivity index (χ0v) is 15.3. The molecule has 1 aromatic heterocycles. The van der Waals surface area contributed by atoms with Crippen LogP contribution in [0.3, 0.4) is 0 Å². The van der Waals surface area contributed by atoms with Gasteiger partial charge in [-0.3, -0.25) is 9.52 Å². The number of carbonyl (C=O) groups excluding carboxylic acids is 1. The van der Waals surface area contributed by atoms with E-state index in [0.717, 1.165) is 18.7 Å². The van der Waals surface area contributed by atoms with Gasteiger partial charge in [0.05, 0.1) is 11.8 Å². The summed E-state index contributed by atoms with van der Waals surface area (Å²) in [5, 5.41) is 0. The molecule has 0 spiro atoms. The van der Waals surface area contributed by atoms with Gasteiger partial charge < -0.3 is 9.47 Å². The van der Waals surface area contributed by atoms with Crippen LogP contribution in [0, 0.1) is 0 Å². The van der Waals surface area contributed by atoms with Crippen LogP contribution < -0.4 is 4.72 Å². The van der Waals surface area contributed by atoms with E-state index in [4.69, 9.17) is 0 Å². The lowest BCUT2D eigenvalue weighted by molar-refractivity contribution is 0.0618. The van der Waals surface area contributed by atoms with Crippen molar-refractivity contribution in [3.63, 3.8) is 0 Å². The van der Waals surface area contributed by atoms with Crippen molar-refractivity contribution in [3.8, 4) is 0 Å². The van der Waals surface area contributed by atoms with Crippen LogP contribution in [-0.2, 0) is 16.6 Å².